The summed E-state index contributed by atoms with van der Waals surface area (Å²) < 4.78 is 4.31. The monoisotopic (exact) mass is 360 g/mol. The highest BCUT2D eigenvalue weighted by atomic mass is 33.1. The van der Waals surface area contributed by atoms with E-state index < -0.39 is 34.3 Å². The summed E-state index contributed by atoms with van der Waals surface area (Å²) in [7, 11) is 3.23. The predicted molar refractivity (Wildman–Crippen MR) is 80.8 cm³/mol. The minimum Gasteiger partial charge on any atom is -0.480 e. The van der Waals surface area contributed by atoms with Gasteiger partial charge in [-0.25, -0.2) is 0 Å². The molecule has 0 aliphatic carbocycles. The molecule has 2 amide bonds. The van der Waals surface area contributed by atoms with Gasteiger partial charge in [-0.3, -0.25) is 28.6 Å². The van der Waals surface area contributed by atoms with Crippen LogP contribution in [-0.2, 0) is 19.2 Å². The number of carboxylic acids is 2. The molecule has 0 aliphatic heterocycles. The second-order valence-corrected chi connectivity index (χ2v) is 7.88. The van der Waals surface area contributed by atoms with Gasteiger partial charge in [-0.05, 0) is 13.8 Å². The fourth-order valence-corrected chi connectivity index (χ4v) is 3.43. The van der Waals surface area contributed by atoms with Gasteiger partial charge in [0.2, 0.25) is 0 Å². The van der Waals surface area contributed by atoms with Crippen molar-refractivity contribution in [2.45, 2.75) is 24.3 Å². The Kier molecular flexibility index (Phi) is 9.71. The van der Waals surface area contributed by atoms with Crippen LogP contribution < -0.4 is 9.44 Å². The molecular formula is C8H12N2O6S4. The Morgan fingerprint density at radius 3 is 1.35 bits per heavy atom. The number of carbonyl (C=O) groups is 4. The van der Waals surface area contributed by atoms with Crippen molar-refractivity contribution in [3.8, 4) is 0 Å². The van der Waals surface area contributed by atoms with Crippen molar-refractivity contribution < 1.29 is 29.4 Å². The molecule has 114 valence electrons. The SMILES string of the molecule is CC(SSNC(=O)C(=O)NSSC(C)C(=O)O)C(=O)O. The normalized spacial score (nSPS) is 13.1. The van der Waals surface area contributed by atoms with Gasteiger partial charge < -0.3 is 10.2 Å². The Hall–Kier alpha value is -0.720. The summed E-state index contributed by atoms with van der Waals surface area (Å²) in [6.07, 6.45) is 0. The molecule has 0 rings (SSSR count). The van der Waals surface area contributed by atoms with Crippen LogP contribution in [0.4, 0.5) is 0 Å². The largest absolute Gasteiger partial charge is 0.480 e. The van der Waals surface area contributed by atoms with Crippen molar-refractivity contribution in [1.82, 2.24) is 9.44 Å². The van der Waals surface area contributed by atoms with Crippen LogP contribution in [0.25, 0.3) is 0 Å². The molecule has 12 heteroatoms. The molecule has 0 aromatic carbocycles. The van der Waals surface area contributed by atoms with Gasteiger partial charge in [0.1, 0.15) is 10.5 Å². The van der Waals surface area contributed by atoms with Crippen LogP contribution >= 0.6 is 43.5 Å². The molecule has 0 aliphatic rings. The van der Waals surface area contributed by atoms with E-state index in [1.54, 1.807) is 0 Å². The summed E-state index contributed by atoms with van der Waals surface area (Å²) in [6, 6.07) is 0. The summed E-state index contributed by atoms with van der Waals surface area (Å²) in [5, 5.41) is 15.7. The third-order valence-electron chi connectivity index (χ3n) is 1.56. The lowest BCUT2D eigenvalue weighted by molar-refractivity contribution is -0.137. The third kappa shape index (κ3) is 8.45. The molecule has 0 aromatic heterocycles. The van der Waals surface area contributed by atoms with E-state index in [1.807, 2.05) is 0 Å². The molecule has 0 fully saturated rings. The van der Waals surface area contributed by atoms with E-state index in [9.17, 15) is 19.2 Å². The van der Waals surface area contributed by atoms with E-state index in [1.165, 1.54) is 13.8 Å². The number of aliphatic carboxylic acids is 2. The quantitative estimate of drug-likeness (QED) is 0.279. The predicted octanol–water partition coefficient (Wildman–Crippen LogP) is 0.758. The number of amides is 2. The van der Waals surface area contributed by atoms with Crippen molar-refractivity contribution in [3.05, 3.63) is 0 Å². The highest BCUT2D eigenvalue weighted by Crippen LogP contribution is 2.24. The fraction of sp³-hybridized carbons (Fsp3) is 0.500. The van der Waals surface area contributed by atoms with Crippen molar-refractivity contribution >= 4 is 67.3 Å². The molecule has 20 heavy (non-hydrogen) atoms. The first kappa shape index (κ1) is 19.3. The topological polar surface area (TPSA) is 133 Å². The van der Waals surface area contributed by atoms with Gasteiger partial charge in [0.05, 0.1) is 0 Å². The Morgan fingerprint density at radius 2 is 1.10 bits per heavy atom. The van der Waals surface area contributed by atoms with Gasteiger partial charge >= 0.3 is 23.8 Å². The molecule has 0 spiro atoms. The van der Waals surface area contributed by atoms with E-state index in [2.05, 4.69) is 9.44 Å². The molecule has 8 nitrogen and oxygen atoms in total. The molecule has 2 atom stereocenters. The number of nitrogens with one attached hydrogen (secondary N) is 2. The number of rotatable bonds is 8. The van der Waals surface area contributed by atoms with Crippen molar-refractivity contribution in [2.75, 3.05) is 0 Å². The first-order chi connectivity index (χ1) is 9.25. The van der Waals surface area contributed by atoms with Crippen molar-refractivity contribution in [2.24, 2.45) is 0 Å². The first-order valence-electron chi connectivity index (χ1n) is 4.96. The maximum atomic E-state index is 11.3. The molecule has 0 saturated heterocycles. The van der Waals surface area contributed by atoms with Gasteiger partial charge in [0, 0.05) is 22.0 Å². The maximum Gasteiger partial charge on any atom is 0.320 e. The van der Waals surface area contributed by atoms with Crippen LogP contribution in [0.15, 0.2) is 0 Å². The Labute approximate surface area is 130 Å². The van der Waals surface area contributed by atoms with Crippen LogP contribution in [0.3, 0.4) is 0 Å². The lowest BCUT2D eigenvalue weighted by Crippen LogP contribution is -2.33. The van der Waals surface area contributed by atoms with Crippen LogP contribution in [-0.4, -0.2) is 44.5 Å². The lowest BCUT2D eigenvalue weighted by atomic mass is 10.5. The van der Waals surface area contributed by atoms with Gasteiger partial charge in [-0.15, -0.1) is 0 Å². The Balaban J connectivity index is 3.85. The van der Waals surface area contributed by atoms with Crippen LogP contribution in [0.5, 0.6) is 0 Å². The third-order valence-corrected chi connectivity index (χ3v) is 6.08. The van der Waals surface area contributed by atoms with E-state index in [0.29, 0.717) is 0 Å². The van der Waals surface area contributed by atoms with Crippen LogP contribution in [0, 0.1) is 0 Å². The van der Waals surface area contributed by atoms with E-state index in [0.717, 1.165) is 43.5 Å². The van der Waals surface area contributed by atoms with E-state index in [4.69, 9.17) is 10.2 Å². The lowest BCUT2D eigenvalue weighted by Gasteiger charge is -2.07. The van der Waals surface area contributed by atoms with Crippen molar-refractivity contribution in [3.63, 3.8) is 0 Å². The van der Waals surface area contributed by atoms with E-state index >= 15 is 0 Å². The molecule has 2 unspecified atom stereocenters. The second-order valence-electron chi connectivity index (χ2n) is 3.18. The number of hydrogen-bond donors (Lipinski definition) is 4. The minimum atomic E-state index is -1.03. The van der Waals surface area contributed by atoms with Gasteiger partial charge in [-0.1, -0.05) is 21.6 Å². The molecule has 0 heterocycles. The fourth-order valence-electron chi connectivity index (χ4n) is 0.443. The zero-order valence-electron chi connectivity index (χ0n) is 10.3. The average Bonchev–Trinajstić information content (AvgIpc) is 2.37. The Morgan fingerprint density at radius 1 is 0.800 bits per heavy atom. The standard InChI is InChI=1S/C8H12N2O6S4/c1-3(7(13)14)17-19-9-5(11)6(12)10-20-18-4(2)8(15)16/h3-4H,1-2H3,(H,9,11)(H,10,12)(H,13,14)(H,15,16). The molecule has 0 saturated carbocycles. The molecule has 4 N–H and O–H groups in total. The van der Waals surface area contributed by atoms with E-state index in [-0.39, 0.29) is 0 Å². The summed E-state index contributed by atoms with van der Waals surface area (Å²) >= 11 is 0. The second kappa shape index (κ2) is 10.1. The molecule has 0 bridgehead atoms. The Bertz CT molecular complexity index is 357. The molecular weight excluding hydrogens is 348 g/mol. The van der Waals surface area contributed by atoms with Crippen molar-refractivity contribution in [1.29, 1.82) is 0 Å². The zero-order valence-corrected chi connectivity index (χ0v) is 13.6. The van der Waals surface area contributed by atoms with Gasteiger partial charge in [-0.2, -0.15) is 0 Å². The summed E-state index contributed by atoms with van der Waals surface area (Å²) in [4.78, 5) is 43.5. The van der Waals surface area contributed by atoms with Crippen LogP contribution in [0.1, 0.15) is 13.8 Å². The smallest absolute Gasteiger partial charge is 0.320 e. The van der Waals surface area contributed by atoms with Gasteiger partial charge in [0.25, 0.3) is 0 Å². The number of carbonyl (C=O) groups excluding carboxylic acids is 2. The minimum absolute atomic E-state index is 0.732. The molecule has 0 radical (unpaired) electrons. The molecule has 0 aromatic rings. The summed E-state index contributed by atoms with van der Waals surface area (Å²) in [5.74, 6) is -3.96. The summed E-state index contributed by atoms with van der Waals surface area (Å²) in [6.45, 7) is 2.87. The average molecular weight is 360 g/mol. The summed E-state index contributed by atoms with van der Waals surface area (Å²) in [5.41, 5.74) is 0. The maximum absolute atomic E-state index is 11.3. The zero-order chi connectivity index (χ0) is 15.7. The number of carboxylic acid groups (broad SMARTS) is 2. The number of hydrogen-bond acceptors (Lipinski definition) is 8. The van der Waals surface area contributed by atoms with Gasteiger partial charge in [0.15, 0.2) is 0 Å². The van der Waals surface area contributed by atoms with Crippen LogP contribution in [0.2, 0.25) is 0 Å². The first-order valence-corrected chi connectivity index (χ1v) is 9.38. The highest BCUT2D eigenvalue weighted by molar-refractivity contribution is 8.76. The highest BCUT2D eigenvalue weighted by Gasteiger charge is 2.18.